The second-order valence-electron chi connectivity index (χ2n) is 6.35. The third kappa shape index (κ3) is 5.25. The molecule has 1 aliphatic carbocycles. The first-order valence-corrected chi connectivity index (χ1v) is 8.84. The van der Waals surface area contributed by atoms with Crippen molar-refractivity contribution >= 4 is 17.5 Å². The van der Waals surface area contributed by atoms with Gasteiger partial charge in [-0.1, -0.05) is 37.8 Å². The van der Waals surface area contributed by atoms with Crippen LogP contribution in [0.1, 0.15) is 45.4 Å². The largest absolute Gasteiger partial charge is 0.495 e. The number of para-hydroxylation sites is 2. The third-order valence-electron chi connectivity index (χ3n) is 4.69. The van der Waals surface area contributed by atoms with E-state index >= 15 is 0 Å². The van der Waals surface area contributed by atoms with Gasteiger partial charge in [-0.3, -0.25) is 9.59 Å². The molecule has 0 saturated heterocycles. The van der Waals surface area contributed by atoms with Crippen molar-refractivity contribution in [3.05, 3.63) is 24.3 Å². The van der Waals surface area contributed by atoms with Crippen molar-refractivity contribution in [2.24, 2.45) is 5.92 Å². The van der Waals surface area contributed by atoms with Gasteiger partial charge in [0.1, 0.15) is 5.75 Å². The third-order valence-corrected chi connectivity index (χ3v) is 4.69. The Balaban J connectivity index is 1.84. The minimum atomic E-state index is -0.199. The lowest BCUT2D eigenvalue weighted by molar-refractivity contribution is -0.134. The summed E-state index contributed by atoms with van der Waals surface area (Å²) in [6.07, 6.45) is 6.56. The number of nitrogens with one attached hydrogen (secondary N) is 1. The molecule has 5 nitrogen and oxygen atoms in total. The number of rotatable bonds is 8. The Morgan fingerprint density at radius 2 is 1.96 bits per heavy atom. The summed E-state index contributed by atoms with van der Waals surface area (Å²) in [5.41, 5.74) is 0.624. The fourth-order valence-corrected chi connectivity index (χ4v) is 3.27. The van der Waals surface area contributed by atoms with Crippen molar-refractivity contribution < 1.29 is 14.3 Å². The molecule has 1 fully saturated rings. The number of methoxy groups -OCH3 is 1. The summed E-state index contributed by atoms with van der Waals surface area (Å²) in [5, 5.41) is 2.82. The van der Waals surface area contributed by atoms with Crippen molar-refractivity contribution in [1.29, 1.82) is 0 Å². The van der Waals surface area contributed by atoms with Gasteiger partial charge in [0.15, 0.2) is 0 Å². The van der Waals surface area contributed by atoms with Crippen molar-refractivity contribution in [1.82, 2.24) is 4.90 Å². The van der Waals surface area contributed by atoms with E-state index < -0.39 is 0 Å². The second-order valence-corrected chi connectivity index (χ2v) is 6.35. The first-order valence-electron chi connectivity index (χ1n) is 8.84. The van der Waals surface area contributed by atoms with E-state index in [4.69, 9.17) is 4.74 Å². The van der Waals surface area contributed by atoms with Gasteiger partial charge in [-0.05, 0) is 31.4 Å². The number of hydrogen-bond donors (Lipinski definition) is 1. The normalized spacial score (nSPS) is 14.4. The highest BCUT2D eigenvalue weighted by atomic mass is 16.5. The molecule has 1 N–H and O–H groups in total. The molecule has 132 valence electrons. The van der Waals surface area contributed by atoms with E-state index in [1.807, 2.05) is 19.1 Å². The Hall–Kier alpha value is -2.04. The van der Waals surface area contributed by atoms with Crippen molar-refractivity contribution in [2.75, 3.05) is 25.5 Å². The molecule has 0 aromatic heterocycles. The summed E-state index contributed by atoms with van der Waals surface area (Å²) < 4.78 is 5.23. The number of hydrogen-bond acceptors (Lipinski definition) is 3. The minimum Gasteiger partial charge on any atom is -0.495 e. The van der Waals surface area contributed by atoms with Gasteiger partial charge in [0.2, 0.25) is 11.8 Å². The molecule has 1 aliphatic rings. The maximum absolute atomic E-state index is 12.4. The van der Waals surface area contributed by atoms with Gasteiger partial charge in [0, 0.05) is 13.0 Å². The van der Waals surface area contributed by atoms with E-state index in [-0.39, 0.29) is 18.4 Å². The SMILES string of the molecule is CCN(CC(=O)Nc1ccccc1OC)C(=O)CCC1CCCC1. The second kappa shape index (κ2) is 9.30. The highest BCUT2D eigenvalue weighted by molar-refractivity contribution is 5.95. The molecule has 1 aromatic rings. The molecule has 0 heterocycles. The summed E-state index contributed by atoms with van der Waals surface area (Å²) in [6, 6.07) is 7.26. The molecule has 1 saturated carbocycles. The zero-order valence-electron chi connectivity index (χ0n) is 14.7. The lowest BCUT2D eigenvalue weighted by Gasteiger charge is -2.21. The van der Waals surface area contributed by atoms with Crippen LogP contribution in [0.2, 0.25) is 0 Å². The number of carbonyl (C=O) groups excluding carboxylic acids is 2. The molecule has 2 amide bonds. The predicted octanol–water partition coefficient (Wildman–Crippen LogP) is 3.45. The Bertz CT molecular complexity index is 553. The lowest BCUT2D eigenvalue weighted by atomic mass is 10.0. The van der Waals surface area contributed by atoms with Gasteiger partial charge in [0.25, 0.3) is 0 Å². The minimum absolute atomic E-state index is 0.0691. The zero-order chi connectivity index (χ0) is 17.4. The molecule has 5 heteroatoms. The van der Waals surface area contributed by atoms with E-state index in [2.05, 4.69) is 5.32 Å². The molecule has 24 heavy (non-hydrogen) atoms. The van der Waals surface area contributed by atoms with Crippen molar-refractivity contribution in [3.8, 4) is 5.75 Å². The van der Waals surface area contributed by atoms with Crippen LogP contribution in [0.3, 0.4) is 0 Å². The molecular formula is C19H28N2O3. The number of nitrogens with zero attached hydrogens (tertiary/aromatic N) is 1. The first kappa shape index (κ1) is 18.3. The molecule has 2 rings (SSSR count). The molecular weight excluding hydrogens is 304 g/mol. The van der Waals surface area contributed by atoms with Crippen LogP contribution in [0.5, 0.6) is 5.75 Å². The number of amides is 2. The maximum atomic E-state index is 12.4. The van der Waals surface area contributed by atoms with Crippen molar-refractivity contribution in [3.63, 3.8) is 0 Å². The van der Waals surface area contributed by atoms with Crippen LogP contribution in [0.4, 0.5) is 5.69 Å². The van der Waals surface area contributed by atoms with Gasteiger partial charge in [0.05, 0.1) is 19.3 Å². The fraction of sp³-hybridized carbons (Fsp3) is 0.579. The van der Waals surface area contributed by atoms with Gasteiger partial charge in [-0.2, -0.15) is 0 Å². The lowest BCUT2D eigenvalue weighted by Crippen LogP contribution is -2.38. The van der Waals surface area contributed by atoms with Gasteiger partial charge in [-0.15, -0.1) is 0 Å². The molecule has 0 unspecified atom stereocenters. The van der Waals surface area contributed by atoms with Crippen LogP contribution in [0.15, 0.2) is 24.3 Å². The Labute approximate surface area is 144 Å². The average Bonchev–Trinajstić information content (AvgIpc) is 3.11. The molecule has 1 aromatic carbocycles. The van der Waals surface area contributed by atoms with E-state index in [0.29, 0.717) is 30.3 Å². The van der Waals surface area contributed by atoms with Crippen LogP contribution < -0.4 is 10.1 Å². The molecule has 0 spiro atoms. The molecule has 0 bridgehead atoms. The summed E-state index contributed by atoms with van der Waals surface area (Å²) in [5.74, 6) is 1.17. The summed E-state index contributed by atoms with van der Waals surface area (Å²) in [4.78, 5) is 26.2. The zero-order valence-corrected chi connectivity index (χ0v) is 14.7. The van der Waals surface area contributed by atoms with Crippen molar-refractivity contribution in [2.45, 2.75) is 45.4 Å². The Kier molecular flexibility index (Phi) is 7.09. The standard InChI is InChI=1S/C19H28N2O3/c1-3-21(19(23)13-12-15-8-4-5-9-15)14-18(22)20-16-10-6-7-11-17(16)24-2/h6-7,10-11,15H,3-5,8-9,12-14H2,1-2H3,(H,20,22). The number of carbonyl (C=O) groups is 2. The van der Waals surface area contributed by atoms with E-state index in [1.165, 1.54) is 25.7 Å². The highest BCUT2D eigenvalue weighted by Gasteiger charge is 2.20. The number of likely N-dealkylation sites (N-methyl/N-ethyl adjacent to an activating group) is 1. The molecule has 0 radical (unpaired) electrons. The number of benzene rings is 1. The quantitative estimate of drug-likeness (QED) is 0.793. The van der Waals surface area contributed by atoms with Crippen LogP contribution in [0, 0.1) is 5.92 Å². The maximum Gasteiger partial charge on any atom is 0.244 e. The monoisotopic (exact) mass is 332 g/mol. The number of ether oxygens (including phenoxy) is 1. The van der Waals surface area contributed by atoms with Gasteiger partial charge >= 0.3 is 0 Å². The topological polar surface area (TPSA) is 58.6 Å². The Morgan fingerprint density at radius 1 is 1.25 bits per heavy atom. The van der Waals surface area contributed by atoms with Crippen LogP contribution in [0.25, 0.3) is 0 Å². The molecule has 0 aliphatic heterocycles. The van der Waals surface area contributed by atoms with E-state index in [0.717, 1.165) is 6.42 Å². The summed E-state index contributed by atoms with van der Waals surface area (Å²) in [7, 11) is 1.57. The van der Waals surface area contributed by atoms with Gasteiger partial charge in [-0.25, -0.2) is 0 Å². The summed E-state index contributed by atoms with van der Waals surface area (Å²) >= 11 is 0. The molecule has 0 atom stereocenters. The van der Waals surface area contributed by atoms with Crippen LogP contribution >= 0.6 is 0 Å². The first-order chi connectivity index (χ1) is 11.6. The van der Waals surface area contributed by atoms with Crippen LogP contribution in [-0.4, -0.2) is 36.9 Å². The highest BCUT2D eigenvalue weighted by Crippen LogP contribution is 2.28. The fourth-order valence-electron chi connectivity index (χ4n) is 3.27. The average molecular weight is 332 g/mol. The number of anilines is 1. The van der Waals surface area contributed by atoms with Gasteiger partial charge < -0.3 is 15.0 Å². The Morgan fingerprint density at radius 3 is 2.62 bits per heavy atom. The van der Waals surface area contributed by atoms with Crippen LogP contribution in [-0.2, 0) is 9.59 Å². The van der Waals surface area contributed by atoms with E-state index in [9.17, 15) is 9.59 Å². The smallest absolute Gasteiger partial charge is 0.244 e. The summed E-state index contributed by atoms with van der Waals surface area (Å²) in [6.45, 7) is 2.53. The predicted molar refractivity (Wildman–Crippen MR) is 95.1 cm³/mol. The van der Waals surface area contributed by atoms with E-state index in [1.54, 1.807) is 24.1 Å².